The Hall–Kier alpha value is -4.06. The van der Waals surface area contributed by atoms with Crippen LogP contribution in [0.1, 0.15) is 11.1 Å². The summed E-state index contributed by atoms with van der Waals surface area (Å²) in [6, 6.07) is 24.6. The van der Waals surface area contributed by atoms with Gasteiger partial charge in [-0.25, -0.2) is 0 Å². The van der Waals surface area contributed by atoms with E-state index in [1.54, 1.807) is 13.2 Å². The van der Waals surface area contributed by atoms with Gasteiger partial charge in [0.2, 0.25) is 5.91 Å². The smallest absolute Gasteiger partial charge is 0.256 e. The van der Waals surface area contributed by atoms with Gasteiger partial charge in [-0.3, -0.25) is 14.2 Å². The number of ether oxygens (including phenoxy) is 1. The first-order valence-electron chi connectivity index (χ1n) is 10.4. The fraction of sp³-hybridized carbons (Fsp3) is 0.154. The van der Waals surface area contributed by atoms with Gasteiger partial charge in [0.15, 0.2) is 0 Å². The highest BCUT2D eigenvalue weighted by molar-refractivity contribution is 5.92. The van der Waals surface area contributed by atoms with E-state index in [9.17, 15) is 9.59 Å². The van der Waals surface area contributed by atoms with Crippen LogP contribution in [0, 0.1) is 6.92 Å². The van der Waals surface area contributed by atoms with Crippen LogP contribution in [0.25, 0.3) is 10.9 Å². The molecule has 0 radical (unpaired) electrons. The topological polar surface area (TPSA) is 72.4 Å². The number of benzene rings is 3. The zero-order valence-electron chi connectivity index (χ0n) is 18.1. The lowest BCUT2D eigenvalue weighted by Gasteiger charge is -2.15. The van der Waals surface area contributed by atoms with Gasteiger partial charge in [0.1, 0.15) is 12.3 Å². The molecule has 3 aromatic carbocycles. The first-order chi connectivity index (χ1) is 15.5. The maximum atomic E-state index is 13.4. The average Bonchev–Trinajstić information content (AvgIpc) is 2.81. The molecular weight excluding hydrogens is 402 g/mol. The summed E-state index contributed by atoms with van der Waals surface area (Å²) in [6.45, 7) is 2.18. The van der Waals surface area contributed by atoms with E-state index < -0.39 is 0 Å². The van der Waals surface area contributed by atoms with Crippen LogP contribution in [-0.4, -0.2) is 17.6 Å². The lowest BCUT2D eigenvalue weighted by atomic mass is 10.1. The molecule has 0 aliphatic carbocycles. The van der Waals surface area contributed by atoms with Crippen molar-refractivity contribution in [3.05, 3.63) is 100 Å². The van der Waals surface area contributed by atoms with Crippen LogP contribution in [0.15, 0.2) is 83.7 Å². The quantitative estimate of drug-likeness (QED) is 0.453. The van der Waals surface area contributed by atoms with E-state index in [0.717, 1.165) is 22.3 Å². The number of hydrogen-bond acceptors (Lipinski definition) is 4. The molecular formula is C26H25N3O3. The molecule has 0 saturated carbocycles. The molecule has 4 rings (SSSR count). The second-order valence-electron chi connectivity index (χ2n) is 7.57. The summed E-state index contributed by atoms with van der Waals surface area (Å²) in [5.74, 6) is 0.360. The minimum absolute atomic E-state index is 0.101. The third kappa shape index (κ3) is 4.64. The average molecular weight is 428 g/mol. The van der Waals surface area contributed by atoms with Gasteiger partial charge in [-0.15, -0.1) is 0 Å². The highest BCUT2D eigenvalue weighted by Crippen LogP contribution is 2.21. The van der Waals surface area contributed by atoms with Crippen LogP contribution >= 0.6 is 0 Å². The van der Waals surface area contributed by atoms with Crippen molar-refractivity contribution in [2.75, 3.05) is 17.7 Å². The van der Waals surface area contributed by atoms with E-state index >= 15 is 0 Å². The molecule has 0 aliphatic heterocycles. The van der Waals surface area contributed by atoms with Crippen molar-refractivity contribution in [1.29, 1.82) is 0 Å². The molecule has 1 aromatic heterocycles. The normalized spacial score (nSPS) is 10.7. The SMILES string of the molecule is COc1ccc2cc(CNc3ccccc3)c(=O)n(CC(=O)Nc3ccccc3C)c2c1. The zero-order chi connectivity index (χ0) is 22.5. The molecule has 0 aliphatic rings. The highest BCUT2D eigenvalue weighted by Gasteiger charge is 2.14. The Morgan fingerprint density at radius 2 is 1.72 bits per heavy atom. The predicted molar refractivity (Wildman–Crippen MR) is 128 cm³/mol. The van der Waals surface area contributed by atoms with E-state index in [1.807, 2.05) is 79.7 Å². The Morgan fingerprint density at radius 3 is 2.47 bits per heavy atom. The third-order valence-corrected chi connectivity index (χ3v) is 5.36. The van der Waals surface area contributed by atoms with Crippen molar-refractivity contribution >= 4 is 28.2 Å². The first kappa shape index (κ1) is 21.2. The van der Waals surface area contributed by atoms with Crippen LogP contribution in [0.5, 0.6) is 5.75 Å². The fourth-order valence-corrected chi connectivity index (χ4v) is 3.62. The number of carbonyl (C=O) groups is 1. The van der Waals surface area contributed by atoms with Gasteiger partial charge in [-0.1, -0.05) is 36.4 Å². The fourth-order valence-electron chi connectivity index (χ4n) is 3.62. The molecule has 0 spiro atoms. The molecule has 32 heavy (non-hydrogen) atoms. The van der Waals surface area contributed by atoms with Gasteiger partial charge in [0, 0.05) is 29.5 Å². The van der Waals surface area contributed by atoms with Crippen LogP contribution in [-0.2, 0) is 17.9 Å². The number of pyridine rings is 1. The molecule has 0 saturated heterocycles. The Labute approximate surface area is 186 Å². The number of fused-ring (bicyclic) bond motifs is 1. The predicted octanol–water partition coefficient (Wildman–Crippen LogP) is 4.57. The van der Waals surface area contributed by atoms with Gasteiger partial charge in [-0.05, 0) is 54.3 Å². The summed E-state index contributed by atoms with van der Waals surface area (Å²) in [4.78, 5) is 26.2. The van der Waals surface area contributed by atoms with Crippen molar-refractivity contribution in [3.63, 3.8) is 0 Å². The summed E-state index contributed by atoms with van der Waals surface area (Å²) < 4.78 is 6.85. The molecule has 4 aromatic rings. The van der Waals surface area contributed by atoms with Gasteiger partial charge >= 0.3 is 0 Å². The largest absolute Gasteiger partial charge is 0.497 e. The molecule has 6 nitrogen and oxygen atoms in total. The Morgan fingerprint density at radius 1 is 0.969 bits per heavy atom. The van der Waals surface area contributed by atoms with Gasteiger partial charge in [0.05, 0.1) is 12.6 Å². The van der Waals surface area contributed by atoms with Crippen molar-refractivity contribution in [1.82, 2.24) is 4.57 Å². The maximum Gasteiger partial charge on any atom is 0.256 e. The van der Waals surface area contributed by atoms with Gasteiger partial charge in [0.25, 0.3) is 5.56 Å². The number of rotatable bonds is 7. The minimum Gasteiger partial charge on any atom is -0.497 e. The van der Waals surface area contributed by atoms with Crippen molar-refractivity contribution in [2.24, 2.45) is 0 Å². The van der Waals surface area contributed by atoms with Crippen LogP contribution in [0.4, 0.5) is 11.4 Å². The zero-order valence-corrected chi connectivity index (χ0v) is 18.1. The number of nitrogens with one attached hydrogen (secondary N) is 2. The minimum atomic E-state index is -0.265. The summed E-state index contributed by atoms with van der Waals surface area (Å²) in [7, 11) is 1.58. The second-order valence-corrected chi connectivity index (χ2v) is 7.57. The molecule has 1 heterocycles. The summed E-state index contributed by atoms with van der Waals surface area (Å²) in [5.41, 5.74) is 3.63. The summed E-state index contributed by atoms with van der Waals surface area (Å²) in [5, 5.41) is 7.05. The first-order valence-corrected chi connectivity index (χ1v) is 10.4. The lowest BCUT2D eigenvalue weighted by Crippen LogP contribution is -2.30. The van der Waals surface area contributed by atoms with Crippen LogP contribution in [0.3, 0.4) is 0 Å². The Bertz CT molecular complexity index is 1310. The van der Waals surface area contributed by atoms with E-state index in [0.29, 0.717) is 23.4 Å². The third-order valence-electron chi connectivity index (χ3n) is 5.36. The van der Waals surface area contributed by atoms with E-state index in [2.05, 4.69) is 10.6 Å². The van der Waals surface area contributed by atoms with Crippen LogP contribution < -0.4 is 20.9 Å². The number of anilines is 2. The number of amides is 1. The van der Waals surface area contributed by atoms with E-state index in [1.165, 1.54) is 4.57 Å². The molecule has 0 atom stereocenters. The number of carbonyl (C=O) groups excluding carboxylic acids is 1. The summed E-state index contributed by atoms with van der Waals surface area (Å²) >= 11 is 0. The number of aromatic nitrogens is 1. The standard InChI is InChI=1S/C26H25N3O3/c1-18-8-6-7-11-23(18)28-25(30)17-29-24-15-22(32-2)13-12-19(24)14-20(26(29)31)16-27-21-9-4-3-5-10-21/h3-15,27H,16-17H2,1-2H3,(H,28,30). The van der Waals surface area contributed by atoms with Gasteiger partial charge < -0.3 is 15.4 Å². The molecule has 6 heteroatoms. The maximum absolute atomic E-state index is 13.4. The van der Waals surface area contributed by atoms with Gasteiger partial charge in [-0.2, -0.15) is 0 Å². The number of aryl methyl sites for hydroxylation is 1. The molecule has 0 unspecified atom stereocenters. The molecule has 1 amide bonds. The number of hydrogen-bond donors (Lipinski definition) is 2. The Balaban J connectivity index is 1.69. The number of para-hydroxylation sites is 2. The number of nitrogens with zero attached hydrogens (tertiary/aromatic N) is 1. The molecule has 0 bridgehead atoms. The van der Waals surface area contributed by atoms with E-state index in [-0.39, 0.29) is 18.0 Å². The molecule has 2 N–H and O–H groups in total. The van der Waals surface area contributed by atoms with Crippen molar-refractivity contribution in [3.8, 4) is 5.75 Å². The van der Waals surface area contributed by atoms with Crippen molar-refractivity contribution < 1.29 is 9.53 Å². The summed E-state index contributed by atoms with van der Waals surface area (Å²) in [6.07, 6.45) is 0. The lowest BCUT2D eigenvalue weighted by molar-refractivity contribution is -0.116. The second kappa shape index (κ2) is 9.39. The molecule has 162 valence electrons. The Kier molecular flexibility index (Phi) is 6.22. The monoisotopic (exact) mass is 427 g/mol. The van der Waals surface area contributed by atoms with Crippen LogP contribution in [0.2, 0.25) is 0 Å². The number of methoxy groups -OCH3 is 1. The highest BCUT2D eigenvalue weighted by atomic mass is 16.5. The molecule has 0 fully saturated rings. The van der Waals surface area contributed by atoms with Crippen molar-refractivity contribution in [2.45, 2.75) is 20.0 Å². The van der Waals surface area contributed by atoms with E-state index in [4.69, 9.17) is 4.74 Å².